The lowest BCUT2D eigenvalue weighted by molar-refractivity contribution is -0.139. The molecular weight excluding hydrogens is 428 g/mol. The van der Waals surface area contributed by atoms with Crippen LogP contribution in [0.3, 0.4) is 0 Å². The number of nitrogens with zero attached hydrogens (tertiary/aromatic N) is 1. The van der Waals surface area contributed by atoms with Crippen LogP contribution < -0.4 is 4.74 Å². The van der Waals surface area contributed by atoms with Crippen molar-refractivity contribution in [3.63, 3.8) is 0 Å². The Morgan fingerprint density at radius 2 is 2.00 bits per heavy atom. The molecule has 1 heterocycles. The highest BCUT2D eigenvalue weighted by Gasteiger charge is 2.27. The second-order valence-corrected chi connectivity index (χ2v) is 7.68. The Hall–Kier alpha value is -1.53. The molecule has 0 spiro atoms. The Bertz CT molecular complexity index is 878. The second kappa shape index (κ2) is 9.31. The summed E-state index contributed by atoms with van der Waals surface area (Å²) in [4.78, 5) is 14.4. The predicted octanol–water partition coefficient (Wildman–Crippen LogP) is 5.33. The molecule has 1 aliphatic heterocycles. The van der Waals surface area contributed by atoms with E-state index in [9.17, 15) is 9.18 Å². The van der Waals surface area contributed by atoms with Crippen molar-refractivity contribution in [1.29, 1.82) is 0 Å². The van der Waals surface area contributed by atoms with Crippen molar-refractivity contribution in [2.45, 2.75) is 18.9 Å². The minimum absolute atomic E-state index is 0.00852. The number of hydrogen-bond donors (Lipinski definition) is 0. The SMILES string of the molecule is COc1ccc(CCC(=O)N2CCOC(c3cc(F)c(Cl)cc3Cl)C2)cc1Cl. The fourth-order valence-electron chi connectivity index (χ4n) is 3.12. The number of ether oxygens (including phenoxy) is 2. The molecule has 2 aromatic carbocycles. The minimum Gasteiger partial charge on any atom is -0.495 e. The summed E-state index contributed by atoms with van der Waals surface area (Å²) in [7, 11) is 1.55. The molecule has 4 nitrogen and oxygen atoms in total. The minimum atomic E-state index is -0.565. The van der Waals surface area contributed by atoms with Gasteiger partial charge in [-0.05, 0) is 36.2 Å². The molecule has 3 rings (SSSR count). The summed E-state index contributed by atoms with van der Waals surface area (Å²) in [5, 5.41) is 0.785. The van der Waals surface area contributed by atoms with Crippen LogP contribution in [0.4, 0.5) is 4.39 Å². The quantitative estimate of drug-likeness (QED) is 0.583. The van der Waals surface area contributed by atoms with Crippen molar-refractivity contribution in [2.75, 3.05) is 26.8 Å². The molecule has 2 aromatic rings. The number of amides is 1. The molecule has 1 unspecified atom stereocenters. The lowest BCUT2D eigenvalue weighted by Gasteiger charge is -2.33. The van der Waals surface area contributed by atoms with Crippen LogP contribution in [0, 0.1) is 5.82 Å². The van der Waals surface area contributed by atoms with Gasteiger partial charge in [0.05, 0.1) is 30.3 Å². The van der Waals surface area contributed by atoms with E-state index >= 15 is 0 Å². The van der Waals surface area contributed by atoms with Crippen LogP contribution in [0.5, 0.6) is 5.75 Å². The molecule has 150 valence electrons. The molecule has 28 heavy (non-hydrogen) atoms. The molecule has 0 bridgehead atoms. The van der Waals surface area contributed by atoms with Crippen molar-refractivity contribution < 1.29 is 18.7 Å². The van der Waals surface area contributed by atoms with Crippen molar-refractivity contribution in [3.05, 3.63) is 62.3 Å². The van der Waals surface area contributed by atoms with Gasteiger partial charge >= 0.3 is 0 Å². The van der Waals surface area contributed by atoms with Gasteiger partial charge in [-0.25, -0.2) is 4.39 Å². The van der Waals surface area contributed by atoms with Crippen molar-refractivity contribution in [2.24, 2.45) is 0 Å². The molecule has 0 aliphatic carbocycles. The standard InChI is InChI=1S/C20H19Cl3FNO3/c1-27-18-4-2-12(8-16(18)23)3-5-20(26)25-6-7-28-19(11-25)13-9-17(24)15(22)10-14(13)21/h2,4,8-10,19H,3,5-7,11H2,1H3. The van der Waals surface area contributed by atoms with Gasteiger partial charge in [0.2, 0.25) is 5.91 Å². The van der Waals surface area contributed by atoms with E-state index in [0.717, 1.165) is 5.56 Å². The number of hydrogen-bond acceptors (Lipinski definition) is 3. The fraction of sp³-hybridized carbons (Fsp3) is 0.350. The summed E-state index contributed by atoms with van der Waals surface area (Å²) in [6.45, 7) is 1.14. The number of morpholine rings is 1. The van der Waals surface area contributed by atoms with Gasteiger partial charge in [0.25, 0.3) is 0 Å². The van der Waals surface area contributed by atoms with Gasteiger partial charge < -0.3 is 14.4 Å². The van der Waals surface area contributed by atoms with E-state index in [4.69, 9.17) is 44.3 Å². The molecule has 0 radical (unpaired) electrons. The van der Waals surface area contributed by atoms with Crippen LogP contribution in [-0.4, -0.2) is 37.6 Å². The third kappa shape index (κ3) is 4.90. The second-order valence-electron chi connectivity index (χ2n) is 6.46. The van der Waals surface area contributed by atoms with Gasteiger partial charge in [-0.1, -0.05) is 40.9 Å². The molecule has 8 heteroatoms. The van der Waals surface area contributed by atoms with Gasteiger partial charge in [0.15, 0.2) is 0 Å². The summed E-state index contributed by atoms with van der Waals surface area (Å²) in [5.41, 5.74) is 1.44. The van der Waals surface area contributed by atoms with E-state index in [2.05, 4.69) is 0 Å². The predicted molar refractivity (Wildman–Crippen MR) is 108 cm³/mol. The first-order valence-electron chi connectivity index (χ1n) is 8.75. The Kier molecular flexibility index (Phi) is 7.05. The maximum absolute atomic E-state index is 13.8. The molecule has 0 N–H and O–H groups in total. The molecule has 1 aliphatic rings. The summed E-state index contributed by atoms with van der Waals surface area (Å²) in [5.74, 6) is 0.0233. The van der Waals surface area contributed by atoms with Gasteiger partial charge in [0.1, 0.15) is 17.7 Å². The highest BCUT2D eigenvalue weighted by molar-refractivity contribution is 6.35. The van der Waals surface area contributed by atoms with E-state index in [0.29, 0.717) is 53.9 Å². The third-order valence-electron chi connectivity index (χ3n) is 4.65. The Morgan fingerprint density at radius 1 is 1.21 bits per heavy atom. The first-order chi connectivity index (χ1) is 13.4. The van der Waals surface area contributed by atoms with Crippen LogP contribution in [0.1, 0.15) is 23.7 Å². The molecule has 1 fully saturated rings. The van der Waals surface area contributed by atoms with Gasteiger partial charge in [-0.15, -0.1) is 0 Å². The van der Waals surface area contributed by atoms with Gasteiger partial charge in [-0.2, -0.15) is 0 Å². The number of carbonyl (C=O) groups is 1. The van der Waals surface area contributed by atoms with E-state index in [1.54, 1.807) is 24.1 Å². The monoisotopic (exact) mass is 445 g/mol. The number of methoxy groups -OCH3 is 1. The highest BCUT2D eigenvalue weighted by atomic mass is 35.5. The van der Waals surface area contributed by atoms with E-state index in [1.807, 2.05) is 6.07 Å². The first kappa shape index (κ1) is 21.2. The number of halogens is 4. The maximum atomic E-state index is 13.8. The zero-order valence-electron chi connectivity index (χ0n) is 15.2. The van der Waals surface area contributed by atoms with Gasteiger partial charge in [0, 0.05) is 23.6 Å². The molecule has 1 saturated heterocycles. The summed E-state index contributed by atoms with van der Waals surface area (Å²) in [6, 6.07) is 8.08. The average molecular weight is 447 g/mol. The van der Waals surface area contributed by atoms with E-state index < -0.39 is 11.9 Å². The van der Waals surface area contributed by atoms with Crippen molar-refractivity contribution in [3.8, 4) is 5.75 Å². The molecule has 0 aromatic heterocycles. The Balaban J connectivity index is 1.63. The van der Waals surface area contributed by atoms with Crippen molar-refractivity contribution in [1.82, 2.24) is 4.90 Å². The van der Waals surface area contributed by atoms with Crippen LogP contribution in [0.2, 0.25) is 15.1 Å². The number of benzene rings is 2. The molecule has 0 saturated carbocycles. The Morgan fingerprint density at radius 3 is 2.71 bits per heavy atom. The smallest absolute Gasteiger partial charge is 0.223 e. The van der Waals surface area contributed by atoms with Crippen LogP contribution >= 0.6 is 34.8 Å². The van der Waals surface area contributed by atoms with Crippen LogP contribution in [-0.2, 0) is 16.0 Å². The largest absolute Gasteiger partial charge is 0.495 e. The first-order valence-corrected chi connectivity index (χ1v) is 9.88. The zero-order chi connectivity index (χ0) is 20.3. The van der Waals surface area contributed by atoms with E-state index in [-0.39, 0.29) is 10.9 Å². The molecule has 1 atom stereocenters. The third-order valence-corrected chi connectivity index (χ3v) is 5.56. The summed E-state index contributed by atoms with van der Waals surface area (Å²) < 4.78 is 24.7. The highest BCUT2D eigenvalue weighted by Crippen LogP contribution is 2.32. The number of rotatable bonds is 5. The molecular formula is C20H19Cl3FNO3. The lowest BCUT2D eigenvalue weighted by atomic mass is 10.1. The zero-order valence-corrected chi connectivity index (χ0v) is 17.5. The average Bonchev–Trinajstić information content (AvgIpc) is 2.69. The lowest BCUT2D eigenvalue weighted by Crippen LogP contribution is -2.42. The topological polar surface area (TPSA) is 38.8 Å². The van der Waals surface area contributed by atoms with Gasteiger partial charge in [-0.3, -0.25) is 4.79 Å². The number of carbonyl (C=O) groups excluding carboxylic acids is 1. The maximum Gasteiger partial charge on any atom is 0.223 e. The summed E-state index contributed by atoms with van der Waals surface area (Å²) >= 11 is 18.1. The van der Waals surface area contributed by atoms with Crippen LogP contribution in [0.15, 0.2) is 30.3 Å². The Labute approximate surface area is 178 Å². The fourth-order valence-corrected chi connectivity index (χ4v) is 3.91. The normalized spacial score (nSPS) is 16.9. The van der Waals surface area contributed by atoms with Crippen LogP contribution in [0.25, 0.3) is 0 Å². The summed E-state index contributed by atoms with van der Waals surface area (Å²) in [6.07, 6.45) is 0.395. The van der Waals surface area contributed by atoms with E-state index in [1.165, 1.54) is 12.1 Å². The van der Waals surface area contributed by atoms with Crippen molar-refractivity contribution >= 4 is 40.7 Å². The number of aryl methyl sites for hydroxylation is 1. The molecule has 1 amide bonds.